The van der Waals surface area contributed by atoms with Crippen LogP contribution in [-0.2, 0) is 6.61 Å². The number of aromatic nitrogens is 1. The van der Waals surface area contributed by atoms with Gasteiger partial charge in [-0.2, -0.15) is 0 Å². The number of amides is 1. The fourth-order valence-corrected chi connectivity index (χ4v) is 2.87. The van der Waals surface area contributed by atoms with Crippen LogP contribution >= 0.6 is 0 Å². The summed E-state index contributed by atoms with van der Waals surface area (Å²) < 4.78 is 5.74. The number of nitrogens with one attached hydrogen (secondary N) is 2. The van der Waals surface area contributed by atoms with Crippen molar-refractivity contribution in [2.45, 2.75) is 13.5 Å². The number of carbonyl (C=O) groups excluding carboxylic acids is 1. The molecule has 26 heavy (non-hydrogen) atoms. The Kier molecular flexibility index (Phi) is 6.57. The van der Waals surface area contributed by atoms with Crippen LogP contribution in [-0.4, -0.2) is 55.1 Å². The molecule has 138 valence electrons. The molecule has 2 N–H and O–H groups in total. The minimum absolute atomic E-state index is 0.0426. The average Bonchev–Trinajstić information content (AvgIpc) is 2.68. The predicted molar refractivity (Wildman–Crippen MR) is 101 cm³/mol. The van der Waals surface area contributed by atoms with Crippen LogP contribution in [0.3, 0.4) is 0 Å². The molecule has 1 amide bonds. The average molecular weight is 354 g/mol. The van der Waals surface area contributed by atoms with Gasteiger partial charge in [0.1, 0.15) is 12.4 Å². The van der Waals surface area contributed by atoms with Crippen LogP contribution in [0.1, 0.15) is 21.6 Å². The van der Waals surface area contributed by atoms with Gasteiger partial charge in [-0.05, 0) is 36.8 Å². The zero-order chi connectivity index (χ0) is 18.2. The van der Waals surface area contributed by atoms with Crippen LogP contribution in [0.2, 0.25) is 0 Å². The van der Waals surface area contributed by atoms with Gasteiger partial charge >= 0.3 is 0 Å². The van der Waals surface area contributed by atoms with E-state index in [0.717, 1.165) is 49.7 Å². The quantitative estimate of drug-likeness (QED) is 0.791. The molecule has 1 aliphatic rings. The minimum Gasteiger partial charge on any atom is -0.487 e. The van der Waals surface area contributed by atoms with Crippen molar-refractivity contribution in [3.8, 4) is 5.75 Å². The normalized spacial score (nSPS) is 14.8. The van der Waals surface area contributed by atoms with Crippen molar-refractivity contribution in [2.24, 2.45) is 0 Å². The summed E-state index contributed by atoms with van der Waals surface area (Å²) in [6.45, 7) is 8.01. The van der Waals surface area contributed by atoms with E-state index in [1.54, 1.807) is 6.20 Å². The Labute approximate surface area is 154 Å². The Hall–Kier alpha value is -2.44. The second kappa shape index (κ2) is 9.31. The molecule has 2 aromatic rings. The Morgan fingerprint density at radius 3 is 2.88 bits per heavy atom. The molecule has 0 saturated carbocycles. The van der Waals surface area contributed by atoms with Crippen LogP contribution < -0.4 is 15.4 Å². The molecule has 6 nitrogen and oxygen atoms in total. The number of hydrogen-bond acceptors (Lipinski definition) is 5. The first-order chi connectivity index (χ1) is 12.7. The molecule has 1 saturated heterocycles. The molecule has 0 bridgehead atoms. The van der Waals surface area contributed by atoms with Crippen molar-refractivity contribution in [1.29, 1.82) is 0 Å². The third-order valence-electron chi connectivity index (χ3n) is 4.40. The number of aryl methyl sites for hydroxylation is 1. The standard InChI is InChI=1S/C20H26N4O2/c1-16-5-6-19(14-23-16)26-15-17-3-2-4-18(13-17)20(25)22-9-12-24-10-7-21-8-11-24/h2-6,13-14,21H,7-12,15H2,1H3,(H,22,25). The molecule has 0 spiro atoms. The van der Waals surface area contributed by atoms with Gasteiger partial charge in [0.05, 0.1) is 6.20 Å². The minimum atomic E-state index is -0.0426. The van der Waals surface area contributed by atoms with E-state index < -0.39 is 0 Å². The first kappa shape index (κ1) is 18.4. The highest BCUT2D eigenvalue weighted by atomic mass is 16.5. The van der Waals surface area contributed by atoms with Crippen molar-refractivity contribution >= 4 is 5.91 Å². The van der Waals surface area contributed by atoms with E-state index in [-0.39, 0.29) is 5.91 Å². The topological polar surface area (TPSA) is 66.5 Å². The number of rotatable bonds is 7. The van der Waals surface area contributed by atoms with E-state index in [9.17, 15) is 4.79 Å². The van der Waals surface area contributed by atoms with Crippen molar-refractivity contribution in [3.05, 3.63) is 59.4 Å². The van der Waals surface area contributed by atoms with Gasteiger partial charge in [0.25, 0.3) is 5.91 Å². The maximum atomic E-state index is 12.4. The lowest BCUT2D eigenvalue weighted by molar-refractivity contribution is 0.0947. The smallest absolute Gasteiger partial charge is 0.251 e. The summed E-state index contributed by atoms with van der Waals surface area (Å²) >= 11 is 0. The third-order valence-corrected chi connectivity index (χ3v) is 4.40. The summed E-state index contributed by atoms with van der Waals surface area (Å²) in [5.74, 6) is 0.681. The Morgan fingerprint density at radius 1 is 1.27 bits per heavy atom. The van der Waals surface area contributed by atoms with Gasteiger partial charge in [-0.3, -0.25) is 14.7 Å². The van der Waals surface area contributed by atoms with Gasteiger partial charge in [-0.15, -0.1) is 0 Å². The van der Waals surface area contributed by atoms with Crippen LogP contribution in [0.25, 0.3) is 0 Å². The van der Waals surface area contributed by atoms with E-state index in [1.807, 2.05) is 43.3 Å². The first-order valence-corrected chi connectivity index (χ1v) is 9.06. The van der Waals surface area contributed by atoms with Gasteiger partial charge in [-0.25, -0.2) is 0 Å². The second-order valence-corrected chi connectivity index (χ2v) is 6.47. The summed E-state index contributed by atoms with van der Waals surface area (Å²) in [7, 11) is 0. The molecule has 0 unspecified atom stereocenters. The molecule has 1 aromatic carbocycles. The van der Waals surface area contributed by atoms with Gasteiger partial charge in [0.2, 0.25) is 0 Å². The lowest BCUT2D eigenvalue weighted by atomic mass is 10.1. The number of ether oxygens (including phenoxy) is 1. The second-order valence-electron chi connectivity index (χ2n) is 6.47. The van der Waals surface area contributed by atoms with Crippen LogP contribution in [0, 0.1) is 6.92 Å². The number of hydrogen-bond donors (Lipinski definition) is 2. The van der Waals surface area contributed by atoms with Gasteiger partial charge in [-0.1, -0.05) is 12.1 Å². The van der Waals surface area contributed by atoms with Crippen LogP contribution in [0.4, 0.5) is 0 Å². The first-order valence-electron chi connectivity index (χ1n) is 9.06. The summed E-state index contributed by atoms with van der Waals surface area (Å²) in [5.41, 5.74) is 2.57. The predicted octanol–water partition coefficient (Wildman–Crippen LogP) is 1.60. The highest BCUT2D eigenvalue weighted by Gasteiger charge is 2.10. The molecule has 1 fully saturated rings. The maximum absolute atomic E-state index is 12.4. The number of nitrogens with zero attached hydrogens (tertiary/aromatic N) is 2. The monoisotopic (exact) mass is 354 g/mol. The van der Waals surface area contributed by atoms with E-state index in [1.165, 1.54) is 0 Å². The molecule has 3 rings (SSSR count). The number of pyridine rings is 1. The zero-order valence-electron chi connectivity index (χ0n) is 15.2. The molecule has 2 heterocycles. The van der Waals surface area contributed by atoms with E-state index in [2.05, 4.69) is 20.5 Å². The Morgan fingerprint density at radius 2 is 2.12 bits per heavy atom. The van der Waals surface area contributed by atoms with Gasteiger partial charge < -0.3 is 15.4 Å². The van der Waals surface area contributed by atoms with Crippen molar-refractivity contribution < 1.29 is 9.53 Å². The Bertz CT molecular complexity index is 712. The fourth-order valence-electron chi connectivity index (χ4n) is 2.87. The third kappa shape index (κ3) is 5.54. The number of carbonyl (C=O) groups is 1. The molecule has 0 radical (unpaired) electrons. The fraction of sp³-hybridized carbons (Fsp3) is 0.400. The van der Waals surface area contributed by atoms with Crippen molar-refractivity contribution in [1.82, 2.24) is 20.5 Å². The lowest BCUT2D eigenvalue weighted by Gasteiger charge is -2.27. The van der Waals surface area contributed by atoms with Crippen LogP contribution in [0.15, 0.2) is 42.6 Å². The molecular formula is C20H26N4O2. The molecule has 1 aliphatic heterocycles. The zero-order valence-corrected chi connectivity index (χ0v) is 15.2. The van der Waals surface area contributed by atoms with Crippen molar-refractivity contribution in [3.63, 3.8) is 0 Å². The SMILES string of the molecule is Cc1ccc(OCc2cccc(C(=O)NCCN3CCNCC3)c2)cn1. The molecular weight excluding hydrogens is 328 g/mol. The van der Waals surface area contributed by atoms with Gasteiger partial charge in [0, 0.05) is 50.5 Å². The van der Waals surface area contributed by atoms with E-state index in [4.69, 9.17) is 4.74 Å². The lowest BCUT2D eigenvalue weighted by Crippen LogP contribution is -2.46. The molecule has 0 atom stereocenters. The largest absolute Gasteiger partial charge is 0.487 e. The van der Waals surface area contributed by atoms with Crippen LogP contribution in [0.5, 0.6) is 5.75 Å². The summed E-state index contributed by atoms with van der Waals surface area (Å²) in [6, 6.07) is 11.4. The highest BCUT2D eigenvalue weighted by molar-refractivity contribution is 5.94. The highest BCUT2D eigenvalue weighted by Crippen LogP contribution is 2.13. The van der Waals surface area contributed by atoms with E-state index in [0.29, 0.717) is 18.7 Å². The summed E-state index contributed by atoms with van der Waals surface area (Å²) in [5, 5.41) is 6.33. The molecule has 1 aromatic heterocycles. The van der Waals surface area contributed by atoms with E-state index >= 15 is 0 Å². The Balaban J connectivity index is 1.47. The summed E-state index contributed by atoms with van der Waals surface area (Å²) in [6.07, 6.45) is 1.71. The number of benzene rings is 1. The maximum Gasteiger partial charge on any atom is 0.251 e. The summed E-state index contributed by atoms with van der Waals surface area (Å²) in [4.78, 5) is 18.9. The molecule has 0 aliphatic carbocycles. The number of piperazine rings is 1. The molecule has 6 heteroatoms. The van der Waals surface area contributed by atoms with Crippen molar-refractivity contribution in [2.75, 3.05) is 39.3 Å². The van der Waals surface area contributed by atoms with Gasteiger partial charge in [0.15, 0.2) is 0 Å².